The third kappa shape index (κ3) is 63.0. The second-order valence-corrected chi connectivity index (χ2v) is 21.7. The summed E-state index contributed by atoms with van der Waals surface area (Å²) in [6, 6.07) is 0. The summed E-state index contributed by atoms with van der Waals surface area (Å²) in [4.78, 5) is 38.1. The van der Waals surface area contributed by atoms with Crippen LogP contribution in [-0.4, -0.2) is 37.2 Å². The number of ether oxygens (including phenoxy) is 3. The first-order valence-corrected chi connectivity index (χ1v) is 32.7. The Labute approximate surface area is 477 Å². The molecular weight excluding hydrogens is 949 g/mol. The molecule has 0 aromatic rings. The van der Waals surface area contributed by atoms with Gasteiger partial charge < -0.3 is 14.2 Å². The molecule has 0 bridgehead atoms. The van der Waals surface area contributed by atoms with Crippen LogP contribution in [0, 0.1) is 0 Å². The minimum Gasteiger partial charge on any atom is -0.462 e. The average Bonchev–Trinajstić information content (AvgIpc) is 3.43. The molecule has 0 heterocycles. The van der Waals surface area contributed by atoms with Gasteiger partial charge in [0.05, 0.1) is 6.42 Å². The van der Waals surface area contributed by atoms with Crippen LogP contribution in [-0.2, 0) is 28.6 Å². The van der Waals surface area contributed by atoms with E-state index in [0.717, 1.165) is 83.5 Å². The van der Waals surface area contributed by atoms with Crippen molar-refractivity contribution in [3.63, 3.8) is 0 Å². The van der Waals surface area contributed by atoms with Crippen LogP contribution in [0.1, 0.15) is 316 Å². The summed E-state index contributed by atoms with van der Waals surface area (Å²) in [6.45, 7) is 6.44. The molecular formula is C71H122O6. The van der Waals surface area contributed by atoms with Crippen LogP contribution >= 0.6 is 0 Å². The predicted octanol–water partition coefficient (Wildman–Crippen LogP) is 22.4. The topological polar surface area (TPSA) is 78.9 Å². The highest BCUT2D eigenvalue weighted by atomic mass is 16.6. The Kier molecular flexibility index (Phi) is 61.8. The van der Waals surface area contributed by atoms with Gasteiger partial charge in [-0.05, 0) is 83.5 Å². The van der Waals surface area contributed by atoms with Crippen molar-refractivity contribution in [1.29, 1.82) is 0 Å². The van der Waals surface area contributed by atoms with Crippen molar-refractivity contribution < 1.29 is 28.6 Å². The summed E-state index contributed by atoms with van der Waals surface area (Å²) in [6.07, 6.45) is 87.6. The number of hydrogen-bond acceptors (Lipinski definition) is 6. The second-order valence-electron chi connectivity index (χ2n) is 21.7. The zero-order chi connectivity index (χ0) is 55.7. The fourth-order valence-electron chi connectivity index (χ4n) is 9.23. The van der Waals surface area contributed by atoms with E-state index in [1.165, 1.54) is 193 Å². The molecule has 0 saturated carbocycles. The number of carbonyl (C=O) groups excluding carboxylic acids is 3. The SMILES string of the molecule is CC/C=C\C/C=C\C/C=C\C/C=C\C/C=C\CC(=O)OC(COC(=O)CCCCCCCCCCCCC)COC(=O)CCCCCCCCCCCCCCCCCCCC/C=C\C/C=C\C/C=C\CCCCCCC. The largest absolute Gasteiger partial charge is 0.462 e. The van der Waals surface area contributed by atoms with Gasteiger partial charge in [-0.15, -0.1) is 0 Å². The third-order valence-electron chi connectivity index (χ3n) is 14.1. The minimum absolute atomic E-state index is 0.0985. The van der Waals surface area contributed by atoms with Crippen LogP contribution in [0.15, 0.2) is 97.2 Å². The lowest BCUT2D eigenvalue weighted by molar-refractivity contribution is -0.166. The number of carbonyl (C=O) groups is 3. The van der Waals surface area contributed by atoms with Crippen LogP contribution in [0.3, 0.4) is 0 Å². The molecule has 0 N–H and O–H groups in total. The van der Waals surface area contributed by atoms with E-state index in [1.807, 2.05) is 6.08 Å². The van der Waals surface area contributed by atoms with E-state index in [1.54, 1.807) is 6.08 Å². The van der Waals surface area contributed by atoms with Gasteiger partial charge in [0.2, 0.25) is 0 Å². The van der Waals surface area contributed by atoms with Crippen molar-refractivity contribution in [2.75, 3.05) is 13.2 Å². The van der Waals surface area contributed by atoms with Gasteiger partial charge in [-0.2, -0.15) is 0 Å². The minimum atomic E-state index is -0.829. The molecule has 0 aromatic heterocycles. The Bertz CT molecular complexity index is 1510. The number of unbranched alkanes of at least 4 members (excludes halogenated alkanes) is 33. The van der Waals surface area contributed by atoms with Crippen molar-refractivity contribution >= 4 is 17.9 Å². The maximum absolute atomic E-state index is 12.8. The Balaban J connectivity index is 4.16. The van der Waals surface area contributed by atoms with Crippen LogP contribution < -0.4 is 0 Å². The van der Waals surface area contributed by atoms with Crippen molar-refractivity contribution in [3.8, 4) is 0 Å². The molecule has 0 aliphatic rings. The zero-order valence-electron chi connectivity index (χ0n) is 50.7. The van der Waals surface area contributed by atoms with Gasteiger partial charge in [-0.25, -0.2) is 0 Å². The van der Waals surface area contributed by atoms with Gasteiger partial charge in [0, 0.05) is 12.8 Å². The predicted molar refractivity (Wildman–Crippen MR) is 334 cm³/mol. The van der Waals surface area contributed by atoms with E-state index < -0.39 is 12.1 Å². The highest BCUT2D eigenvalue weighted by molar-refractivity contribution is 5.72. The summed E-state index contributed by atoms with van der Waals surface area (Å²) in [7, 11) is 0. The lowest BCUT2D eigenvalue weighted by Crippen LogP contribution is -2.30. The van der Waals surface area contributed by atoms with Gasteiger partial charge in [0.1, 0.15) is 13.2 Å². The normalized spacial score (nSPS) is 12.7. The van der Waals surface area contributed by atoms with Crippen molar-refractivity contribution in [1.82, 2.24) is 0 Å². The van der Waals surface area contributed by atoms with Crippen LogP contribution in [0.25, 0.3) is 0 Å². The molecule has 77 heavy (non-hydrogen) atoms. The fraction of sp³-hybridized carbons (Fsp3) is 0.732. The second kappa shape index (κ2) is 64.9. The lowest BCUT2D eigenvalue weighted by Gasteiger charge is -2.18. The first kappa shape index (κ1) is 73.3. The molecule has 0 aromatic carbocycles. The van der Waals surface area contributed by atoms with Gasteiger partial charge in [-0.3, -0.25) is 14.4 Å². The molecule has 0 saturated heterocycles. The number of hydrogen-bond donors (Lipinski definition) is 0. The van der Waals surface area contributed by atoms with Crippen LogP contribution in [0.5, 0.6) is 0 Å². The number of esters is 3. The van der Waals surface area contributed by atoms with E-state index in [9.17, 15) is 14.4 Å². The van der Waals surface area contributed by atoms with Gasteiger partial charge in [-0.1, -0.05) is 311 Å². The smallest absolute Gasteiger partial charge is 0.310 e. The molecule has 0 fully saturated rings. The molecule has 6 heteroatoms. The standard InChI is InChI=1S/C71H122O6/c1-4-7-10-13-16-19-22-24-26-27-28-29-30-31-32-33-34-35-36-37-38-39-40-41-42-43-45-46-49-52-55-58-61-64-70(73)76-67-68(66-75-69(72)63-60-57-54-51-48-21-18-15-12-9-6-3)77-71(74)65-62-59-56-53-50-47-44-25-23-20-17-14-11-8-5-2/h8,11,17,20,22,24-25,27-28,30-31,44,50,53,59,62,68H,4-7,9-10,12-16,18-19,21,23,26,29,32-43,45-49,51-52,54-58,60-61,63-67H2,1-3H3/b11-8-,20-17-,24-22-,28-27-,31-30-,44-25-,53-50-,62-59-. The van der Waals surface area contributed by atoms with E-state index in [2.05, 4.69) is 106 Å². The molecule has 6 nitrogen and oxygen atoms in total. The Morgan fingerprint density at radius 1 is 0.286 bits per heavy atom. The fourth-order valence-corrected chi connectivity index (χ4v) is 9.23. The summed E-state index contributed by atoms with van der Waals surface area (Å²) >= 11 is 0. The van der Waals surface area contributed by atoms with Crippen molar-refractivity contribution in [3.05, 3.63) is 97.2 Å². The average molecular weight is 1070 g/mol. The molecule has 1 unspecified atom stereocenters. The van der Waals surface area contributed by atoms with Crippen molar-refractivity contribution in [2.45, 2.75) is 322 Å². The first-order chi connectivity index (χ1) is 38.0. The maximum atomic E-state index is 12.8. The van der Waals surface area contributed by atoms with Crippen molar-refractivity contribution in [2.24, 2.45) is 0 Å². The summed E-state index contributed by atoms with van der Waals surface area (Å²) in [5.74, 6) is -1.03. The molecule has 0 spiro atoms. The third-order valence-corrected chi connectivity index (χ3v) is 14.1. The van der Waals surface area contributed by atoms with Gasteiger partial charge in [0.15, 0.2) is 6.10 Å². The monoisotopic (exact) mass is 1070 g/mol. The Morgan fingerprint density at radius 3 is 0.857 bits per heavy atom. The van der Waals surface area contributed by atoms with Crippen LogP contribution in [0.4, 0.5) is 0 Å². The number of allylic oxidation sites excluding steroid dienone is 15. The van der Waals surface area contributed by atoms with Gasteiger partial charge >= 0.3 is 17.9 Å². The summed E-state index contributed by atoms with van der Waals surface area (Å²) in [5, 5.41) is 0. The van der Waals surface area contributed by atoms with Crippen LogP contribution in [0.2, 0.25) is 0 Å². The summed E-state index contributed by atoms with van der Waals surface area (Å²) in [5.41, 5.74) is 0. The summed E-state index contributed by atoms with van der Waals surface area (Å²) < 4.78 is 16.8. The molecule has 1 atom stereocenters. The van der Waals surface area contributed by atoms with E-state index in [0.29, 0.717) is 12.8 Å². The highest BCUT2D eigenvalue weighted by Crippen LogP contribution is 2.17. The Morgan fingerprint density at radius 2 is 0.545 bits per heavy atom. The highest BCUT2D eigenvalue weighted by Gasteiger charge is 2.19. The molecule has 0 radical (unpaired) electrons. The maximum Gasteiger partial charge on any atom is 0.310 e. The van der Waals surface area contributed by atoms with E-state index >= 15 is 0 Å². The number of rotatable bonds is 59. The van der Waals surface area contributed by atoms with Gasteiger partial charge in [0.25, 0.3) is 0 Å². The molecule has 0 rings (SSSR count). The van der Waals surface area contributed by atoms with E-state index in [4.69, 9.17) is 14.2 Å². The molecule has 0 aliphatic carbocycles. The quantitative estimate of drug-likeness (QED) is 0.0261. The zero-order valence-corrected chi connectivity index (χ0v) is 50.7. The van der Waals surface area contributed by atoms with E-state index in [-0.39, 0.29) is 31.6 Å². The molecule has 442 valence electrons. The first-order valence-electron chi connectivity index (χ1n) is 32.7. The molecule has 0 aliphatic heterocycles. The lowest BCUT2D eigenvalue weighted by atomic mass is 10.0. The Hall–Kier alpha value is -3.67. The molecule has 0 amide bonds.